The maximum Gasteiger partial charge on any atom is 0.293 e. The normalized spacial score (nSPS) is 14.6. The molecule has 0 saturated carbocycles. The summed E-state index contributed by atoms with van der Waals surface area (Å²) in [6.07, 6.45) is 1.69. The summed E-state index contributed by atoms with van der Waals surface area (Å²) in [6, 6.07) is 12.6. The molecular formula is C27H26F2N6O6S. The highest BCUT2D eigenvalue weighted by Gasteiger charge is 2.27. The SMILES string of the molecule is O=C(NS(=O)(=O)c1ccc(NC2CCN(CC(F)F)CC2)c([N+](=O)[O-])c1)c1ccccc1Oc1cnc2[nH]ccc2c1. The van der Waals surface area contributed by atoms with Gasteiger partial charge in [0.2, 0.25) is 0 Å². The molecule has 0 radical (unpaired) electrons. The molecule has 15 heteroatoms. The van der Waals surface area contributed by atoms with Crippen LogP contribution in [-0.2, 0) is 10.0 Å². The molecule has 1 aliphatic rings. The molecule has 0 atom stereocenters. The quantitative estimate of drug-likeness (QED) is 0.176. The van der Waals surface area contributed by atoms with Crippen LogP contribution in [0.25, 0.3) is 11.0 Å². The number of amides is 1. The third-order valence-corrected chi connectivity index (χ3v) is 8.11. The third-order valence-electron chi connectivity index (χ3n) is 6.78. The van der Waals surface area contributed by atoms with Crippen molar-refractivity contribution >= 4 is 38.3 Å². The van der Waals surface area contributed by atoms with E-state index in [1.807, 2.05) is 4.72 Å². The number of anilines is 1. The Morgan fingerprint density at radius 2 is 1.93 bits per heavy atom. The van der Waals surface area contributed by atoms with E-state index in [4.69, 9.17) is 4.74 Å². The van der Waals surface area contributed by atoms with Crippen molar-refractivity contribution in [2.75, 3.05) is 25.0 Å². The zero-order chi connectivity index (χ0) is 29.9. The number of benzene rings is 2. The molecule has 1 aliphatic heterocycles. The van der Waals surface area contributed by atoms with Crippen LogP contribution < -0.4 is 14.8 Å². The average Bonchev–Trinajstić information content (AvgIpc) is 3.42. The number of hydrogen-bond donors (Lipinski definition) is 3. The molecule has 1 fully saturated rings. The van der Waals surface area contributed by atoms with Gasteiger partial charge in [0.25, 0.3) is 28.0 Å². The number of carbonyl (C=O) groups is 1. The van der Waals surface area contributed by atoms with Crippen molar-refractivity contribution in [3.63, 3.8) is 0 Å². The Hall–Kier alpha value is -4.63. The number of aromatic amines is 1. The van der Waals surface area contributed by atoms with Gasteiger partial charge in [0.05, 0.1) is 28.1 Å². The number of pyridine rings is 1. The topological polar surface area (TPSA) is 160 Å². The lowest BCUT2D eigenvalue weighted by atomic mass is 10.0. The minimum Gasteiger partial charge on any atom is -0.455 e. The van der Waals surface area contributed by atoms with Gasteiger partial charge in [0, 0.05) is 36.8 Å². The summed E-state index contributed by atoms with van der Waals surface area (Å²) in [4.78, 5) is 32.5. The molecule has 1 saturated heterocycles. The van der Waals surface area contributed by atoms with Gasteiger partial charge in [-0.25, -0.2) is 26.9 Å². The number of fused-ring (bicyclic) bond motifs is 1. The van der Waals surface area contributed by atoms with Crippen LogP contribution in [0, 0.1) is 10.1 Å². The summed E-state index contributed by atoms with van der Waals surface area (Å²) in [5.74, 6) is -0.600. The highest BCUT2D eigenvalue weighted by molar-refractivity contribution is 7.90. The number of aromatic nitrogens is 2. The van der Waals surface area contributed by atoms with Crippen LogP contribution in [0.1, 0.15) is 23.2 Å². The molecule has 4 aromatic rings. The van der Waals surface area contributed by atoms with Gasteiger partial charge in [-0.1, -0.05) is 12.1 Å². The zero-order valence-corrected chi connectivity index (χ0v) is 22.8. The van der Waals surface area contributed by atoms with Crippen LogP contribution in [0.15, 0.2) is 71.9 Å². The van der Waals surface area contributed by atoms with E-state index in [0.717, 1.165) is 17.5 Å². The van der Waals surface area contributed by atoms with Crippen molar-refractivity contribution in [2.45, 2.75) is 30.2 Å². The van der Waals surface area contributed by atoms with Gasteiger partial charge >= 0.3 is 0 Å². The largest absolute Gasteiger partial charge is 0.455 e. The van der Waals surface area contributed by atoms with Gasteiger partial charge in [-0.05, 0) is 49.2 Å². The lowest BCUT2D eigenvalue weighted by molar-refractivity contribution is -0.384. The molecule has 0 bridgehead atoms. The number of carbonyl (C=O) groups excluding carboxylic acids is 1. The second-order valence-corrected chi connectivity index (χ2v) is 11.3. The van der Waals surface area contributed by atoms with Gasteiger partial charge in [0.15, 0.2) is 0 Å². The Kier molecular flexibility index (Phi) is 8.31. The molecule has 1 amide bonds. The van der Waals surface area contributed by atoms with E-state index in [1.54, 1.807) is 29.3 Å². The van der Waals surface area contributed by atoms with E-state index in [-0.39, 0.29) is 29.6 Å². The molecule has 0 aliphatic carbocycles. The lowest BCUT2D eigenvalue weighted by Gasteiger charge is -2.32. The van der Waals surface area contributed by atoms with Crippen LogP contribution in [0.3, 0.4) is 0 Å². The molecule has 5 rings (SSSR count). The summed E-state index contributed by atoms with van der Waals surface area (Å²) >= 11 is 0. The number of hydrogen-bond acceptors (Lipinski definition) is 9. The minimum atomic E-state index is -4.52. The Labute approximate surface area is 238 Å². The third kappa shape index (κ3) is 6.63. The number of para-hydroxylation sites is 1. The zero-order valence-electron chi connectivity index (χ0n) is 22.0. The van der Waals surface area contributed by atoms with E-state index in [0.29, 0.717) is 37.3 Å². The maximum atomic E-state index is 13.1. The Balaban J connectivity index is 1.30. The first-order chi connectivity index (χ1) is 20.1. The first-order valence-corrected chi connectivity index (χ1v) is 14.4. The van der Waals surface area contributed by atoms with Gasteiger partial charge in [-0.3, -0.25) is 19.8 Å². The average molecular weight is 601 g/mol. The van der Waals surface area contributed by atoms with Crippen molar-refractivity contribution in [2.24, 2.45) is 0 Å². The van der Waals surface area contributed by atoms with Gasteiger partial charge in [-0.15, -0.1) is 0 Å². The lowest BCUT2D eigenvalue weighted by Crippen LogP contribution is -2.41. The Morgan fingerprint density at radius 3 is 2.67 bits per heavy atom. The van der Waals surface area contributed by atoms with Crippen molar-refractivity contribution in [3.05, 3.63) is 82.7 Å². The number of sulfonamides is 1. The van der Waals surface area contributed by atoms with E-state index in [9.17, 15) is 32.1 Å². The monoisotopic (exact) mass is 600 g/mol. The Morgan fingerprint density at radius 1 is 1.17 bits per heavy atom. The molecule has 42 heavy (non-hydrogen) atoms. The van der Waals surface area contributed by atoms with E-state index in [1.165, 1.54) is 30.5 Å². The number of nitro groups is 1. The summed E-state index contributed by atoms with van der Waals surface area (Å²) in [6.45, 7) is 0.468. The fourth-order valence-electron chi connectivity index (χ4n) is 4.71. The highest BCUT2D eigenvalue weighted by Crippen LogP contribution is 2.31. The number of piperidine rings is 1. The number of nitro benzene ring substituents is 1. The van der Waals surface area contributed by atoms with Crippen LogP contribution in [0.2, 0.25) is 0 Å². The number of nitrogens with one attached hydrogen (secondary N) is 3. The number of likely N-dealkylation sites (tertiary alicyclic amines) is 1. The number of H-pyrrole nitrogens is 1. The molecule has 0 unspecified atom stereocenters. The highest BCUT2D eigenvalue weighted by atomic mass is 32.2. The maximum absolute atomic E-state index is 13.1. The molecule has 0 spiro atoms. The predicted molar refractivity (Wildman–Crippen MR) is 149 cm³/mol. The first kappa shape index (κ1) is 28.9. The molecule has 2 aromatic heterocycles. The number of ether oxygens (including phenoxy) is 1. The molecule has 3 heterocycles. The number of alkyl halides is 2. The van der Waals surface area contributed by atoms with Crippen LogP contribution in [-0.4, -0.2) is 66.2 Å². The van der Waals surface area contributed by atoms with Crippen molar-refractivity contribution in [3.8, 4) is 11.5 Å². The van der Waals surface area contributed by atoms with Crippen molar-refractivity contribution in [1.29, 1.82) is 0 Å². The van der Waals surface area contributed by atoms with E-state index >= 15 is 0 Å². The molecule has 2 aromatic carbocycles. The first-order valence-electron chi connectivity index (χ1n) is 12.9. The van der Waals surface area contributed by atoms with Crippen molar-refractivity contribution < 1.29 is 31.7 Å². The fourth-order valence-corrected chi connectivity index (χ4v) is 5.69. The molecule has 220 valence electrons. The summed E-state index contributed by atoms with van der Waals surface area (Å²) in [5.41, 5.74) is 0.146. The summed E-state index contributed by atoms with van der Waals surface area (Å²) in [5, 5.41) is 15.6. The van der Waals surface area contributed by atoms with E-state index in [2.05, 4.69) is 15.3 Å². The standard InChI is InChI=1S/C27H26F2N6O6S/c28-25(29)16-34-11-8-18(9-12-34)32-22-6-5-20(14-23(22)35(37)38)42(39,40)33-27(36)21-3-1-2-4-24(21)41-19-13-17-7-10-30-26(17)31-15-19/h1-7,10,13-15,18,25,32H,8-9,11-12,16H2,(H,30,31)(H,33,36). The molecule has 12 nitrogen and oxygen atoms in total. The number of rotatable bonds is 10. The molecular weight excluding hydrogens is 574 g/mol. The van der Waals surface area contributed by atoms with Crippen LogP contribution in [0.4, 0.5) is 20.2 Å². The van der Waals surface area contributed by atoms with Crippen LogP contribution >= 0.6 is 0 Å². The predicted octanol–water partition coefficient (Wildman–Crippen LogP) is 4.52. The molecule has 3 N–H and O–H groups in total. The number of halogens is 2. The second kappa shape index (κ2) is 12.1. The number of nitrogens with zero attached hydrogens (tertiary/aromatic N) is 3. The smallest absolute Gasteiger partial charge is 0.293 e. The van der Waals surface area contributed by atoms with Gasteiger partial charge in [0.1, 0.15) is 22.8 Å². The fraction of sp³-hybridized carbons (Fsp3) is 0.259. The van der Waals surface area contributed by atoms with E-state index < -0.39 is 37.9 Å². The summed E-state index contributed by atoms with van der Waals surface area (Å²) < 4.78 is 59.3. The van der Waals surface area contributed by atoms with Crippen molar-refractivity contribution in [1.82, 2.24) is 19.6 Å². The Bertz CT molecular complexity index is 1720. The second-order valence-electron chi connectivity index (χ2n) is 9.67. The van der Waals surface area contributed by atoms with Crippen LogP contribution in [0.5, 0.6) is 11.5 Å². The van der Waals surface area contributed by atoms with Gasteiger partial charge in [-0.2, -0.15) is 0 Å². The minimum absolute atomic E-state index is 0.0759. The summed E-state index contributed by atoms with van der Waals surface area (Å²) in [7, 11) is -4.52. The van der Waals surface area contributed by atoms with Gasteiger partial charge < -0.3 is 15.0 Å².